The lowest BCUT2D eigenvalue weighted by Gasteiger charge is -2.18. The third-order valence-electron chi connectivity index (χ3n) is 6.36. The molecule has 4 aromatic rings. The van der Waals surface area contributed by atoms with Gasteiger partial charge in [-0.25, -0.2) is 0 Å². The molecule has 1 amide bonds. The lowest BCUT2D eigenvalue weighted by Crippen LogP contribution is -2.15. The van der Waals surface area contributed by atoms with Crippen LogP contribution in [-0.2, 0) is 4.79 Å². The smallest absolute Gasteiger partial charge is 0.236 e. The molecule has 1 unspecified atom stereocenters. The highest BCUT2D eigenvalue weighted by molar-refractivity contribution is 7.99. The van der Waals surface area contributed by atoms with Gasteiger partial charge in [0.2, 0.25) is 11.0 Å². The predicted octanol–water partition coefficient (Wildman–Crippen LogP) is 6.05. The van der Waals surface area contributed by atoms with Crippen LogP contribution in [0.15, 0.2) is 59.8 Å². The lowest BCUT2D eigenvalue weighted by atomic mass is 9.90. The van der Waals surface area contributed by atoms with E-state index in [1.165, 1.54) is 42.4 Å². The summed E-state index contributed by atoms with van der Waals surface area (Å²) in [5.74, 6) is 2.47. The number of anilines is 1. The Balaban J connectivity index is 1.28. The van der Waals surface area contributed by atoms with Crippen LogP contribution in [-0.4, -0.2) is 43.7 Å². The van der Waals surface area contributed by atoms with Crippen LogP contribution < -0.4 is 14.8 Å². The van der Waals surface area contributed by atoms with E-state index in [1.807, 2.05) is 66.1 Å². The Morgan fingerprint density at radius 2 is 1.84 bits per heavy atom. The van der Waals surface area contributed by atoms with Crippen molar-refractivity contribution >= 4 is 34.1 Å². The molecule has 1 N–H and O–H groups in total. The minimum Gasteiger partial charge on any atom is -0.497 e. The third kappa shape index (κ3) is 6.33. The summed E-state index contributed by atoms with van der Waals surface area (Å²) in [7, 11) is 1.62. The van der Waals surface area contributed by atoms with Crippen molar-refractivity contribution in [3.8, 4) is 17.2 Å². The Morgan fingerprint density at radius 1 is 1.05 bits per heavy atom. The molecule has 5 rings (SSSR count). The van der Waals surface area contributed by atoms with E-state index >= 15 is 0 Å². The molecule has 2 aromatic carbocycles. The molecule has 1 aliphatic carbocycles. The summed E-state index contributed by atoms with van der Waals surface area (Å²) in [6, 6.07) is 17.2. The molecule has 2 aromatic heterocycles. The average molecular weight is 551 g/mol. The van der Waals surface area contributed by atoms with Crippen molar-refractivity contribution in [2.45, 2.75) is 56.2 Å². The maximum Gasteiger partial charge on any atom is 0.236 e. The van der Waals surface area contributed by atoms with E-state index in [4.69, 9.17) is 9.47 Å². The van der Waals surface area contributed by atoms with Crippen LogP contribution >= 0.6 is 23.1 Å². The molecule has 0 radical (unpaired) electrons. The van der Waals surface area contributed by atoms with E-state index in [0.29, 0.717) is 33.5 Å². The van der Waals surface area contributed by atoms with E-state index in [0.717, 1.165) is 23.5 Å². The quantitative estimate of drug-likeness (QED) is 0.238. The number of methoxy groups -OCH3 is 1. The van der Waals surface area contributed by atoms with E-state index in [9.17, 15) is 4.79 Å². The van der Waals surface area contributed by atoms with Gasteiger partial charge in [0.25, 0.3) is 0 Å². The van der Waals surface area contributed by atoms with Crippen LogP contribution in [0.25, 0.3) is 5.69 Å². The summed E-state index contributed by atoms with van der Waals surface area (Å²) in [5, 5.41) is 22.4. The van der Waals surface area contributed by atoms with Crippen LogP contribution in [0.2, 0.25) is 0 Å². The number of benzene rings is 2. The zero-order valence-electron chi connectivity index (χ0n) is 21.4. The maximum atomic E-state index is 12.8. The van der Waals surface area contributed by atoms with Gasteiger partial charge in [-0.05, 0) is 44.0 Å². The molecular weight excluding hydrogens is 520 g/mol. The molecule has 0 saturated heterocycles. The summed E-state index contributed by atoms with van der Waals surface area (Å²) < 4.78 is 13.4. The number of hydrogen-bond donors (Lipinski definition) is 1. The monoisotopic (exact) mass is 550 g/mol. The second-order valence-electron chi connectivity index (χ2n) is 9.07. The minimum absolute atomic E-state index is 0.161. The van der Waals surface area contributed by atoms with Crippen LogP contribution in [0.5, 0.6) is 11.5 Å². The molecule has 1 fully saturated rings. The number of amides is 1. The van der Waals surface area contributed by atoms with Gasteiger partial charge in [0, 0.05) is 17.7 Å². The van der Waals surface area contributed by atoms with Gasteiger partial charge in [-0.3, -0.25) is 14.7 Å². The Labute approximate surface area is 230 Å². The number of aromatic nitrogens is 5. The topological polar surface area (TPSA) is 104 Å². The van der Waals surface area contributed by atoms with E-state index in [-0.39, 0.29) is 11.7 Å². The van der Waals surface area contributed by atoms with Gasteiger partial charge < -0.3 is 9.47 Å². The van der Waals surface area contributed by atoms with Crippen molar-refractivity contribution in [1.82, 2.24) is 25.0 Å². The maximum absolute atomic E-state index is 12.8. The van der Waals surface area contributed by atoms with Crippen LogP contribution in [0.1, 0.15) is 61.9 Å². The fourth-order valence-corrected chi connectivity index (χ4v) is 6.16. The molecule has 38 heavy (non-hydrogen) atoms. The Kier molecular flexibility index (Phi) is 8.54. The van der Waals surface area contributed by atoms with Crippen LogP contribution in [0, 0.1) is 0 Å². The van der Waals surface area contributed by atoms with Crippen molar-refractivity contribution in [1.29, 1.82) is 0 Å². The number of thioether (sulfide) groups is 1. The predicted molar refractivity (Wildman–Crippen MR) is 148 cm³/mol. The summed E-state index contributed by atoms with van der Waals surface area (Å²) >= 11 is 2.79. The largest absolute Gasteiger partial charge is 0.497 e. The molecule has 0 spiro atoms. The third-order valence-corrected chi connectivity index (χ3v) is 8.29. The van der Waals surface area contributed by atoms with Crippen LogP contribution in [0.3, 0.4) is 0 Å². The SMILES string of the molecule is COc1cccc(OC(C)c2nnc(SCC(=O)Nc3nnc(C4CCCCC4)s3)n2-c2ccccc2)c1. The highest BCUT2D eigenvalue weighted by atomic mass is 32.2. The fourth-order valence-electron chi connectivity index (χ4n) is 4.47. The molecule has 0 bridgehead atoms. The first-order chi connectivity index (χ1) is 18.6. The Bertz CT molecular complexity index is 1350. The summed E-state index contributed by atoms with van der Waals surface area (Å²) in [4.78, 5) is 12.8. The molecule has 1 aliphatic rings. The highest BCUT2D eigenvalue weighted by Crippen LogP contribution is 2.35. The second kappa shape index (κ2) is 12.4. The van der Waals surface area contributed by atoms with Gasteiger partial charge in [0.05, 0.1) is 12.9 Å². The van der Waals surface area contributed by atoms with Crippen molar-refractivity contribution in [2.75, 3.05) is 18.2 Å². The molecule has 2 heterocycles. The Morgan fingerprint density at radius 3 is 2.63 bits per heavy atom. The molecular formula is C27H30N6O3S2. The first-order valence-corrected chi connectivity index (χ1v) is 14.5. The van der Waals surface area contributed by atoms with Gasteiger partial charge >= 0.3 is 0 Å². The van der Waals surface area contributed by atoms with E-state index in [1.54, 1.807) is 7.11 Å². The molecule has 11 heteroatoms. The molecule has 9 nitrogen and oxygen atoms in total. The van der Waals surface area contributed by atoms with Crippen molar-refractivity contribution in [3.05, 3.63) is 65.4 Å². The van der Waals surface area contributed by atoms with Crippen molar-refractivity contribution < 1.29 is 14.3 Å². The average Bonchev–Trinajstić information content (AvgIpc) is 3.60. The number of ether oxygens (including phenoxy) is 2. The first-order valence-electron chi connectivity index (χ1n) is 12.7. The number of rotatable bonds is 10. The summed E-state index contributed by atoms with van der Waals surface area (Å²) in [6.07, 6.45) is 5.65. The fraction of sp³-hybridized carbons (Fsp3) is 0.370. The van der Waals surface area contributed by atoms with Crippen LogP contribution in [0.4, 0.5) is 5.13 Å². The molecule has 0 aliphatic heterocycles. The number of hydrogen-bond acceptors (Lipinski definition) is 9. The highest BCUT2D eigenvalue weighted by Gasteiger charge is 2.23. The Hall–Kier alpha value is -3.44. The van der Waals surface area contributed by atoms with Crippen molar-refractivity contribution in [3.63, 3.8) is 0 Å². The van der Waals surface area contributed by atoms with Gasteiger partial charge in [0.1, 0.15) is 16.5 Å². The number of nitrogens with zero attached hydrogens (tertiary/aromatic N) is 5. The number of para-hydroxylation sites is 1. The second-order valence-corrected chi connectivity index (χ2v) is 11.0. The van der Waals surface area contributed by atoms with Gasteiger partial charge in [-0.1, -0.05) is 66.6 Å². The zero-order valence-corrected chi connectivity index (χ0v) is 23.0. The summed E-state index contributed by atoms with van der Waals surface area (Å²) in [5.41, 5.74) is 0.887. The zero-order chi connectivity index (χ0) is 26.3. The number of nitrogens with one attached hydrogen (secondary N) is 1. The van der Waals surface area contributed by atoms with E-state index < -0.39 is 6.10 Å². The number of carbonyl (C=O) groups is 1. The van der Waals surface area contributed by atoms with Gasteiger partial charge in [-0.2, -0.15) is 0 Å². The normalized spacial score (nSPS) is 14.7. The molecule has 1 atom stereocenters. The molecule has 1 saturated carbocycles. The first kappa shape index (κ1) is 26.2. The van der Waals surface area contributed by atoms with Crippen molar-refractivity contribution in [2.24, 2.45) is 0 Å². The standard InChI is InChI=1S/C27H30N6O3S2/c1-18(36-22-15-9-14-21(16-22)35-2)24-29-32-27(33(24)20-12-7-4-8-13-20)37-17-23(34)28-26-31-30-25(38-26)19-10-5-3-6-11-19/h4,7-9,12-16,18-19H,3,5-6,10-11,17H2,1-2H3,(H,28,31,34). The number of carbonyl (C=O) groups excluding carboxylic acids is 1. The van der Waals surface area contributed by atoms with Gasteiger partial charge in [-0.15, -0.1) is 20.4 Å². The minimum atomic E-state index is -0.405. The summed E-state index contributed by atoms with van der Waals surface area (Å²) in [6.45, 7) is 1.92. The van der Waals surface area contributed by atoms with E-state index in [2.05, 4.69) is 25.7 Å². The lowest BCUT2D eigenvalue weighted by molar-refractivity contribution is -0.113. The molecule has 198 valence electrons. The van der Waals surface area contributed by atoms with Gasteiger partial charge in [0.15, 0.2) is 17.1 Å².